The maximum absolute atomic E-state index is 12.7. The highest BCUT2D eigenvalue weighted by atomic mass is 16.5. The lowest BCUT2D eigenvalue weighted by Crippen LogP contribution is -2.37. The number of benzene rings is 1. The van der Waals surface area contributed by atoms with E-state index in [1.807, 2.05) is 13.8 Å². The summed E-state index contributed by atoms with van der Waals surface area (Å²) in [6, 6.07) is -0.623. The second-order valence-electron chi connectivity index (χ2n) is 13.7. The maximum atomic E-state index is 12.7. The third-order valence-corrected chi connectivity index (χ3v) is 9.31. The Hall–Kier alpha value is -1.59. The van der Waals surface area contributed by atoms with E-state index in [4.69, 9.17) is 20.9 Å². The molecule has 4 atom stereocenters. The van der Waals surface area contributed by atoms with Crippen molar-refractivity contribution in [2.24, 2.45) is 29.2 Å². The van der Waals surface area contributed by atoms with Crippen LogP contribution >= 0.6 is 0 Å². The van der Waals surface area contributed by atoms with E-state index in [1.54, 1.807) is 0 Å². The fraction of sp³-hybridized carbons (Fsp3) is 0.800. The summed E-state index contributed by atoms with van der Waals surface area (Å²) in [5.74, 6) is 3.75. The van der Waals surface area contributed by atoms with Crippen LogP contribution in [0, 0.1) is 38.5 Å². The first-order chi connectivity index (χ1) is 18.9. The van der Waals surface area contributed by atoms with Crippen molar-refractivity contribution in [1.29, 1.82) is 0 Å². The Morgan fingerprint density at radius 1 is 0.850 bits per heavy atom. The minimum Gasteiger partial charge on any atom is -0.487 e. The zero-order valence-corrected chi connectivity index (χ0v) is 27.3. The van der Waals surface area contributed by atoms with E-state index in [1.165, 1.54) is 56.9 Å². The molecule has 5 nitrogen and oxygen atoms in total. The summed E-state index contributed by atoms with van der Waals surface area (Å²) >= 11 is 0. The highest BCUT2D eigenvalue weighted by Crippen LogP contribution is 2.45. The molecule has 230 valence electrons. The van der Waals surface area contributed by atoms with E-state index in [0.29, 0.717) is 18.7 Å². The molecule has 0 aromatic heterocycles. The number of hydrogen-bond donors (Lipinski definition) is 2. The van der Waals surface area contributed by atoms with E-state index in [-0.39, 0.29) is 11.6 Å². The quantitative estimate of drug-likeness (QED) is 0.107. The molecule has 1 aliphatic heterocycles. The molecule has 0 radical (unpaired) electrons. The van der Waals surface area contributed by atoms with Crippen LogP contribution in [0.15, 0.2) is 0 Å². The summed E-state index contributed by atoms with van der Waals surface area (Å²) in [5.41, 5.74) is 15.8. The topological polar surface area (TPSA) is 87.6 Å². The molecule has 0 bridgehead atoms. The van der Waals surface area contributed by atoms with E-state index in [0.717, 1.165) is 72.3 Å². The Kier molecular flexibility index (Phi) is 14.5. The minimum atomic E-state index is -0.623. The van der Waals surface area contributed by atoms with Gasteiger partial charge in [-0.15, -0.1) is 0 Å². The van der Waals surface area contributed by atoms with Crippen LogP contribution in [0.1, 0.15) is 140 Å². The Labute approximate surface area is 246 Å². The van der Waals surface area contributed by atoms with Crippen molar-refractivity contribution in [3.63, 3.8) is 0 Å². The number of carbonyl (C=O) groups excluding carboxylic acids is 1. The number of carbonyl (C=O) groups is 1. The molecule has 0 amide bonds. The van der Waals surface area contributed by atoms with Crippen LogP contribution < -0.4 is 20.9 Å². The zero-order chi connectivity index (χ0) is 29.9. The first-order valence-electron chi connectivity index (χ1n) is 16.4. The SMILES string of the molecule is Cc1c(C)c2c(c(C)c1OC(=O)[C@@H](N)CCCCN)CC[C@@](C)(CCC[C@H](C)CCC[C@H](C)CCCC(C)C)O2. The standard InChI is InChI=1S/C35H62N2O3/c1-24(2)14-11-15-25(3)16-12-17-26(4)18-13-21-35(8)22-20-30-29(7)32(27(5)28(6)33(30)40-35)39-34(38)31(37)19-9-10-23-36/h24-26,31H,9-23,36-37H2,1-8H3/t25-,26-,31+,35-/m1/s1. The molecule has 0 fully saturated rings. The second-order valence-corrected chi connectivity index (χ2v) is 13.7. The van der Waals surface area contributed by atoms with Gasteiger partial charge in [-0.25, -0.2) is 4.79 Å². The summed E-state index contributed by atoms with van der Waals surface area (Å²) in [5, 5.41) is 0. The molecule has 1 aliphatic rings. The van der Waals surface area contributed by atoms with E-state index >= 15 is 0 Å². The number of fused-ring (bicyclic) bond motifs is 1. The van der Waals surface area contributed by atoms with Gasteiger partial charge >= 0.3 is 5.97 Å². The molecule has 2 rings (SSSR count). The molecule has 5 heteroatoms. The molecule has 0 spiro atoms. The summed E-state index contributed by atoms with van der Waals surface area (Å²) in [6.07, 6.45) is 16.0. The molecule has 1 aromatic rings. The summed E-state index contributed by atoms with van der Waals surface area (Å²) in [6.45, 7) is 18.6. The molecule has 0 unspecified atom stereocenters. The van der Waals surface area contributed by atoms with E-state index < -0.39 is 6.04 Å². The fourth-order valence-corrected chi connectivity index (χ4v) is 6.22. The van der Waals surface area contributed by atoms with Gasteiger partial charge in [0.05, 0.1) is 0 Å². The third kappa shape index (κ3) is 10.7. The predicted molar refractivity (Wildman–Crippen MR) is 169 cm³/mol. The average molecular weight is 559 g/mol. The number of esters is 1. The van der Waals surface area contributed by atoms with Crippen LogP contribution in [0.5, 0.6) is 11.5 Å². The molecular formula is C35H62N2O3. The van der Waals surface area contributed by atoms with Crippen LogP contribution in [-0.2, 0) is 11.2 Å². The highest BCUT2D eigenvalue weighted by Gasteiger charge is 2.35. The molecule has 4 N–H and O–H groups in total. The van der Waals surface area contributed by atoms with Crippen molar-refractivity contribution in [3.8, 4) is 11.5 Å². The lowest BCUT2D eigenvalue weighted by molar-refractivity contribution is -0.136. The van der Waals surface area contributed by atoms with Gasteiger partial charge in [0.15, 0.2) is 0 Å². The summed E-state index contributed by atoms with van der Waals surface area (Å²) in [7, 11) is 0. The molecule has 0 saturated carbocycles. The van der Waals surface area contributed by atoms with Crippen LogP contribution in [0.3, 0.4) is 0 Å². The van der Waals surface area contributed by atoms with Crippen molar-refractivity contribution >= 4 is 5.97 Å². The highest BCUT2D eigenvalue weighted by molar-refractivity contribution is 5.79. The number of nitrogens with two attached hydrogens (primary N) is 2. The fourth-order valence-electron chi connectivity index (χ4n) is 6.22. The van der Waals surface area contributed by atoms with Gasteiger partial charge in [0.2, 0.25) is 0 Å². The Morgan fingerprint density at radius 2 is 1.45 bits per heavy atom. The van der Waals surface area contributed by atoms with Crippen molar-refractivity contribution in [3.05, 3.63) is 22.3 Å². The normalized spacial score (nSPS) is 19.2. The largest absolute Gasteiger partial charge is 0.487 e. The first-order valence-corrected chi connectivity index (χ1v) is 16.4. The molecule has 0 saturated heterocycles. The average Bonchev–Trinajstić information content (AvgIpc) is 2.89. The molecule has 1 heterocycles. The smallest absolute Gasteiger partial charge is 0.328 e. The van der Waals surface area contributed by atoms with Crippen LogP contribution in [-0.4, -0.2) is 24.2 Å². The Morgan fingerprint density at radius 3 is 2.05 bits per heavy atom. The predicted octanol–water partition coefficient (Wildman–Crippen LogP) is 8.50. The summed E-state index contributed by atoms with van der Waals surface area (Å²) in [4.78, 5) is 12.7. The lowest BCUT2D eigenvalue weighted by atomic mass is 9.83. The van der Waals surface area contributed by atoms with Crippen LogP contribution in [0.2, 0.25) is 0 Å². The lowest BCUT2D eigenvalue weighted by Gasteiger charge is -2.38. The molecule has 40 heavy (non-hydrogen) atoms. The van der Waals surface area contributed by atoms with Crippen LogP contribution in [0.25, 0.3) is 0 Å². The van der Waals surface area contributed by atoms with Crippen molar-refractivity contribution in [1.82, 2.24) is 0 Å². The maximum Gasteiger partial charge on any atom is 0.328 e. The molecular weight excluding hydrogens is 496 g/mol. The molecule has 1 aromatic carbocycles. The van der Waals surface area contributed by atoms with E-state index in [2.05, 4.69) is 41.5 Å². The molecule has 0 aliphatic carbocycles. The van der Waals surface area contributed by atoms with E-state index in [9.17, 15) is 4.79 Å². The van der Waals surface area contributed by atoms with Gasteiger partial charge < -0.3 is 20.9 Å². The van der Waals surface area contributed by atoms with Crippen LogP contribution in [0.4, 0.5) is 0 Å². The van der Waals surface area contributed by atoms with Gasteiger partial charge in [0.1, 0.15) is 23.1 Å². The second kappa shape index (κ2) is 16.8. The summed E-state index contributed by atoms with van der Waals surface area (Å²) < 4.78 is 12.6. The first kappa shape index (κ1) is 34.6. The zero-order valence-electron chi connectivity index (χ0n) is 27.3. The van der Waals surface area contributed by atoms with Crippen molar-refractivity contribution in [2.45, 2.75) is 157 Å². The number of unbranched alkanes of at least 4 members (excludes halogenated alkanes) is 1. The number of ether oxygens (including phenoxy) is 2. The van der Waals surface area contributed by atoms with Gasteiger partial charge in [-0.1, -0.05) is 79.1 Å². The monoisotopic (exact) mass is 558 g/mol. The van der Waals surface area contributed by atoms with Crippen molar-refractivity contribution < 1.29 is 14.3 Å². The minimum absolute atomic E-state index is 0.148. The van der Waals surface area contributed by atoms with Crippen molar-refractivity contribution in [2.75, 3.05) is 6.54 Å². The van der Waals surface area contributed by atoms with Gasteiger partial charge in [0, 0.05) is 5.56 Å². The third-order valence-electron chi connectivity index (χ3n) is 9.31. The Bertz CT molecular complexity index is 928. The van der Waals surface area contributed by atoms with Gasteiger partial charge in [-0.2, -0.15) is 0 Å². The van der Waals surface area contributed by atoms with Gasteiger partial charge in [-0.3, -0.25) is 0 Å². The number of hydrogen-bond acceptors (Lipinski definition) is 5. The van der Waals surface area contributed by atoms with Gasteiger partial charge in [0.25, 0.3) is 0 Å². The van der Waals surface area contributed by atoms with Gasteiger partial charge in [-0.05, 0) is 107 Å². The number of rotatable bonds is 18. The Balaban J connectivity index is 1.88.